The smallest absolute Gasteiger partial charge is 0.212 e. The van der Waals surface area contributed by atoms with E-state index in [1.54, 1.807) is 0 Å². The van der Waals surface area contributed by atoms with Crippen LogP contribution in [0.4, 0.5) is 0 Å². The Morgan fingerprint density at radius 1 is 0.436 bits per heavy atom. The summed E-state index contributed by atoms with van der Waals surface area (Å²) in [4.78, 5) is 0. The summed E-state index contributed by atoms with van der Waals surface area (Å²) in [5.41, 5.74) is 5.66. The molecule has 0 unspecified atom stereocenters. The van der Waals surface area contributed by atoms with Gasteiger partial charge in [-0.25, -0.2) is 0 Å². The highest BCUT2D eigenvalue weighted by Crippen LogP contribution is 2.61. The van der Waals surface area contributed by atoms with Crippen molar-refractivity contribution in [3.05, 3.63) is 34.4 Å². The van der Waals surface area contributed by atoms with Crippen LogP contribution in [0.15, 0.2) is 12.1 Å². The Bertz CT molecular complexity index is 971. The van der Waals surface area contributed by atoms with Gasteiger partial charge in [-0.1, -0.05) is 118 Å². The van der Waals surface area contributed by atoms with Crippen molar-refractivity contribution >= 4 is 0 Å². The molecule has 0 aromatic heterocycles. The first-order valence-corrected chi connectivity index (χ1v) is 16.6. The Morgan fingerprint density at radius 3 is 1.21 bits per heavy atom. The molecule has 2 aliphatic rings. The van der Waals surface area contributed by atoms with Crippen LogP contribution >= 0.6 is 0 Å². The molecular weight excluding hydrogens is 480 g/mol. The fourth-order valence-corrected chi connectivity index (χ4v) is 6.11. The minimum atomic E-state index is 0.872. The number of rotatable bonds is 22. The lowest BCUT2D eigenvalue weighted by Gasteiger charge is -2.11. The number of ether oxygens (including phenoxy) is 3. The number of aryl methyl sites for hydroxylation is 2. The van der Waals surface area contributed by atoms with Crippen LogP contribution in [0.5, 0.6) is 34.5 Å². The van der Waals surface area contributed by atoms with Crippen LogP contribution in [-0.2, 0) is 25.7 Å². The zero-order valence-electron chi connectivity index (χ0n) is 25.5. The van der Waals surface area contributed by atoms with Gasteiger partial charge in [-0.05, 0) is 61.8 Å². The first-order valence-electron chi connectivity index (χ1n) is 16.6. The molecule has 0 spiro atoms. The van der Waals surface area contributed by atoms with Gasteiger partial charge in [-0.2, -0.15) is 0 Å². The summed E-state index contributed by atoms with van der Waals surface area (Å²) in [6.07, 6.45) is 25.4. The monoisotopic (exact) mass is 534 g/mol. The molecule has 0 bridgehead atoms. The zero-order chi connectivity index (χ0) is 27.5. The van der Waals surface area contributed by atoms with Crippen molar-refractivity contribution in [3.63, 3.8) is 0 Å². The average molecular weight is 535 g/mol. The van der Waals surface area contributed by atoms with Gasteiger partial charge in [-0.15, -0.1) is 0 Å². The van der Waals surface area contributed by atoms with Gasteiger partial charge in [0.2, 0.25) is 11.5 Å². The molecule has 216 valence electrons. The molecule has 2 aliphatic heterocycles. The molecule has 0 N–H and O–H groups in total. The van der Waals surface area contributed by atoms with Crippen LogP contribution in [0.1, 0.15) is 153 Å². The number of hydrogen-bond acceptors (Lipinski definition) is 3. The first kappa shape index (κ1) is 29.8. The summed E-state index contributed by atoms with van der Waals surface area (Å²) in [5, 5.41) is 0. The van der Waals surface area contributed by atoms with E-state index in [4.69, 9.17) is 14.2 Å². The summed E-state index contributed by atoms with van der Waals surface area (Å²) >= 11 is 0. The van der Waals surface area contributed by atoms with Crippen LogP contribution in [0.25, 0.3) is 0 Å². The maximum Gasteiger partial charge on any atom is 0.212 e. The minimum Gasteiger partial charge on any atom is -0.449 e. The van der Waals surface area contributed by atoms with Gasteiger partial charge in [0.1, 0.15) is 0 Å². The van der Waals surface area contributed by atoms with E-state index in [1.165, 1.54) is 112 Å². The fraction of sp³-hybridized carbons (Fsp3) is 0.667. The first-order chi connectivity index (χ1) is 19.2. The molecule has 2 aromatic carbocycles. The quantitative estimate of drug-likeness (QED) is 0.0742. The molecule has 4 rings (SSSR count). The number of fused-ring (bicyclic) bond motifs is 2. The largest absolute Gasteiger partial charge is 0.449 e. The molecule has 0 aliphatic carbocycles. The van der Waals surface area contributed by atoms with Crippen molar-refractivity contribution in [2.45, 2.75) is 156 Å². The highest BCUT2D eigenvalue weighted by molar-refractivity contribution is 5.73. The van der Waals surface area contributed by atoms with Crippen molar-refractivity contribution in [2.75, 3.05) is 0 Å². The number of hydrogen-bond donors (Lipinski definition) is 0. The van der Waals surface area contributed by atoms with Crippen LogP contribution < -0.4 is 14.2 Å². The maximum atomic E-state index is 6.54. The average Bonchev–Trinajstić information content (AvgIpc) is 3.85. The summed E-state index contributed by atoms with van der Waals surface area (Å²) < 4.78 is 18.7. The minimum absolute atomic E-state index is 0.872. The van der Waals surface area contributed by atoms with Gasteiger partial charge >= 0.3 is 0 Å². The van der Waals surface area contributed by atoms with Gasteiger partial charge in [-0.3, -0.25) is 0 Å². The molecule has 0 radical (unpaired) electrons. The van der Waals surface area contributed by atoms with Crippen molar-refractivity contribution in [2.24, 2.45) is 0 Å². The van der Waals surface area contributed by atoms with E-state index in [1.807, 2.05) is 0 Å². The van der Waals surface area contributed by atoms with Crippen LogP contribution in [0.2, 0.25) is 0 Å². The Balaban J connectivity index is 1.38. The lowest BCUT2D eigenvalue weighted by atomic mass is 9.97. The van der Waals surface area contributed by atoms with Crippen LogP contribution in [0.3, 0.4) is 0 Å². The van der Waals surface area contributed by atoms with Gasteiger partial charge < -0.3 is 14.2 Å². The Hall–Kier alpha value is -2.16. The highest BCUT2D eigenvalue weighted by Gasteiger charge is 2.36. The molecule has 39 heavy (non-hydrogen) atoms. The van der Waals surface area contributed by atoms with Crippen LogP contribution in [0, 0.1) is 0 Å². The summed E-state index contributed by atoms with van der Waals surface area (Å²) in [7, 11) is 0. The predicted octanol–water partition coefficient (Wildman–Crippen LogP) is 12.2. The van der Waals surface area contributed by atoms with Crippen molar-refractivity contribution < 1.29 is 14.2 Å². The van der Waals surface area contributed by atoms with E-state index in [-0.39, 0.29) is 0 Å². The van der Waals surface area contributed by atoms with E-state index in [0.717, 1.165) is 73.0 Å². The zero-order valence-corrected chi connectivity index (χ0v) is 25.5. The standard InChI is InChI=1S/C36H54O3/c1-5-9-11-13-15-17-19-23-29-27(21-7-3)25-31(35-33(29)38-35)37-32-26-28(22-8-4)30(34-36(32)39-34)24-20-18-16-14-12-10-6-2/h25-26H,5-24H2,1-4H3. The Morgan fingerprint density at radius 2 is 0.821 bits per heavy atom. The molecule has 3 nitrogen and oxygen atoms in total. The molecule has 0 saturated carbocycles. The molecular formula is C36H54O3. The second kappa shape index (κ2) is 15.6. The third kappa shape index (κ3) is 8.41. The highest BCUT2D eigenvalue weighted by atomic mass is 16.6. The van der Waals surface area contributed by atoms with E-state index >= 15 is 0 Å². The number of benzene rings is 2. The van der Waals surface area contributed by atoms with E-state index < -0.39 is 0 Å². The molecule has 2 heterocycles. The van der Waals surface area contributed by atoms with Gasteiger partial charge in [0, 0.05) is 11.1 Å². The summed E-state index contributed by atoms with van der Waals surface area (Å²) in [5.74, 6) is 5.83. The maximum absolute atomic E-state index is 6.54. The SMILES string of the molecule is CCCCCCCCCc1c(CCC)cc(Oc2cc(CCC)c(CCCCCCCCC)c3c2O3)c2c1O2. The summed E-state index contributed by atoms with van der Waals surface area (Å²) in [6.45, 7) is 9.09. The lowest BCUT2D eigenvalue weighted by Crippen LogP contribution is -1.95. The molecule has 0 fully saturated rings. The third-order valence-corrected chi connectivity index (χ3v) is 8.44. The molecule has 0 saturated heterocycles. The molecule has 0 atom stereocenters. The van der Waals surface area contributed by atoms with E-state index in [2.05, 4.69) is 39.8 Å². The van der Waals surface area contributed by atoms with Crippen molar-refractivity contribution in [1.29, 1.82) is 0 Å². The third-order valence-electron chi connectivity index (χ3n) is 8.44. The second-order valence-electron chi connectivity index (χ2n) is 11.9. The van der Waals surface area contributed by atoms with E-state index in [9.17, 15) is 0 Å². The van der Waals surface area contributed by atoms with E-state index in [0.29, 0.717) is 0 Å². The summed E-state index contributed by atoms with van der Waals surface area (Å²) in [6, 6.07) is 4.51. The number of unbranched alkanes of at least 4 members (excludes halogenated alkanes) is 12. The van der Waals surface area contributed by atoms with Crippen molar-refractivity contribution in [1.82, 2.24) is 0 Å². The topological polar surface area (TPSA) is 34.3 Å². The molecule has 3 heteroatoms. The molecule has 2 aromatic rings. The lowest BCUT2D eigenvalue weighted by molar-refractivity contribution is 0.461. The second-order valence-corrected chi connectivity index (χ2v) is 11.9. The normalized spacial score (nSPS) is 12.5. The van der Waals surface area contributed by atoms with Gasteiger partial charge in [0.15, 0.2) is 23.0 Å². The van der Waals surface area contributed by atoms with Gasteiger partial charge in [0.05, 0.1) is 0 Å². The van der Waals surface area contributed by atoms with Gasteiger partial charge in [0.25, 0.3) is 0 Å². The molecule has 0 amide bonds. The Kier molecular flexibility index (Phi) is 11.9. The van der Waals surface area contributed by atoms with Crippen molar-refractivity contribution in [3.8, 4) is 34.5 Å². The fourth-order valence-electron chi connectivity index (χ4n) is 6.11. The Labute approximate surface area is 239 Å². The van der Waals surface area contributed by atoms with Crippen LogP contribution in [-0.4, -0.2) is 0 Å². The predicted molar refractivity (Wildman–Crippen MR) is 164 cm³/mol.